The summed E-state index contributed by atoms with van der Waals surface area (Å²) in [5.41, 5.74) is 1.47. The molecule has 1 saturated heterocycles. The van der Waals surface area contributed by atoms with Gasteiger partial charge in [0.25, 0.3) is 0 Å². The van der Waals surface area contributed by atoms with E-state index in [1.165, 1.54) is 12.1 Å². The summed E-state index contributed by atoms with van der Waals surface area (Å²) in [6, 6.07) is 4.91. The SMILES string of the molecule is OCc1cc(F)ccc1NC1CCNCC1. The van der Waals surface area contributed by atoms with Crippen LogP contribution in [-0.2, 0) is 6.61 Å². The van der Waals surface area contributed by atoms with Gasteiger partial charge in [0.05, 0.1) is 6.61 Å². The second-order valence-corrected chi connectivity index (χ2v) is 4.13. The van der Waals surface area contributed by atoms with Gasteiger partial charge >= 0.3 is 0 Å². The number of aliphatic hydroxyl groups is 1. The minimum atomic E-state index is -0.306. The highest BCUT2D eigenvalue weighted by Crippen LogP contribution is 2.20. The van der Waals surface area contributed by atoms with Gasteiger partial charge in [-0.25, -0.2) is 4.39 Å². The summed E-state index contributed by atoms with van der Waals surface area (Å²) in [6.45, 7) is 1.88. The van der Waals surface area contributed by atoms with Crippen molar-refractivity contribution in [1.29, 1.82) is 0 Å². The average Bonchev–Trinajstić information content (AvgIpc) is 2.33. The van der Waals surface area contributed by atoms with Crippen LogP contribution in [0.15, 0.2) is 18.2 Å². The first-order valence-corrected chi connectivity index (χ1v) is 5.66. The van der Waals surface area contributed by atoms with Crippen LogP contribution in [0.4, 0.5) is 10.1 Å². The number of nitrogens with one attached hydrogen (secondary N) is 2. The van der Waals surface area contributed by atoms with Gasteiger partial charge in [0.1, 0.15) is 5.82 Å². The van der Waals surface area contributed by atoms with Crippen LogP contribution in [0.3, 0.4) is 0 Å². The van der Waals surface area contributed by atoms with Gasteiger partial charge in [-0.2, -0.15) is 0 Å². The van der Waals surface area contributed by atoms with Crippen LogP contribution in [-0.4, -0.2) is 24.2 Å². The quantitative estimate of drug-likeness (QED) is 0.728. The Bertz CT molecular complexity index is 351. The number of halogens is 1. The molecule has 0 aliphatic carbocycles. The summed E-state index contributed by atoms with van der Waals surface area (Å²) in [4.78, 5) is 0. The Morgan fingerprint density at radius 2 is 2.12 bits per heavy atom. The van der Waals surface area contributed by atoms with Crippen molar-refractivity contribution in [2.75, 3.05) is 18.4 Å². The van der Waals surface area contributed by atoms with E-state index in [0.29, 0.717) is 11.6 Å². The van der Waals surface area contributed by atoms with E-state index >= 15 is 0 Å². The lowest BCUT2D eigenvalue weighted by molar-refractivity contribution is 0.281. The first kappa shape index (κ1) is 11.4. The molecule has 0 bridgehead atoms. The van der Waals surface area contributed by atoms with Gasteiger partial charge in [0, 0.05) is 17.3 Å². The molecule has 1 aromatic rings. The molecule has 0 spiro atoms. The highest BCUT2D eigenvalue weighted by molar-refractivity contribution is 5.51. The summed E-state index contributed by atoms with van der Waals surface area (Å²) in [5, 5.41) is 15.8. The van der Waals surface area contributed by atoms with Crippen molar-refractivity contribution in [2.24, 2.45) is 0 Å². The van der Waals surface area contributed by atoms with Crippen molar-refractivity contribution in [3.05, 3.63) is 29.6 Å². The number of benzene rings is 1. The smallest absolute Gasteiger partial charge is 0.123 e. The number of rotatable bonds is 3. The molecule has 0 aromatic heterocycles. The molecule has 16 heavy (non-hydrogen) atoms. The van der Waals surface area contributed by atoms with Gasteiger partial charge in [0.15, 0.2) is 0 Å². The number of piperidine rings is 1. The van der Waals surface area contributed by atoms with Gasteiger partial charge in [-0.1, -0.05) is 0 Å². The molecule has 2 rings (SSSR count). The fourth-order valence-electron chi connectivity index (χ4n) is 2.02. The first-order chi connectivity index (χ1) is 7.79. The van der Waals surface area contributed by atoms with Crippen LogP contribution < -0.4 is 10.6 Å². The second-order valence-electron chi connectivity index (χ2n) is 4.13. The van der Waals surface area contributed by atoms with Gasteiger partial charge in [-0.3, -0.25) is 0 Å². The van der Waals surface area contributed by atoms with Crippen molar-refractivity contribution in [2.45, 2.75) is 25.5 Å². The molecule has 1 aliphatic rings. The van der Waals surface area contributed by atoms with Crippen molar-refractivity contribution < 1.29 is 9.50 Å². The molecule has 3 N–H and O–H groups in total. The Labute approximate surface area is 94.7 Å². The standard InChI is InChI=1S/C12H17FN2O/c13-10-1-2-12(9(7-10)8-16)15-11-3-5-14-6-4-11/h1-2,7,11,14-16H,3-6,8H2. The maximum Gasteiger partial charge on any atom is 0.123 e. The molecule has 88 valence electrons. The Kier molecular flexibility index (Phi) is 3.74. The summed E-state index contributed by atoms with van der Waals surface area (Å²) >= 11 is 0. The third-order valence-corrected chi connectivity index (χ3v) is 2.94. The molecule has 0 unspecified atom stereocenters. The van der Waals surface area contributed by atoms with Gasteiger partial charge in [0.2, 0.25) is 0 Å². The third-order valence-electron chi connectivity index (χ3n) is 2.94. The van der Waals surface area contributed by atoms with Crippen LogP contribution in [0.1, 0.15) is 18.4 Å². The van der Waals surface area contributed by atoms with Gasteiger partial charge in [-0.05, 0) is 44.1 Å². The van der Waals surface area contributed by atoms with E-state index in [9.17, 15) is 4.39 Å². The molecule has 0 saturated carbocycles. The van der Waals surface area contributed by atoms with Crippen molar-refractivity contribution in [3.63, 3.8) is 0 Å². The zero-order chi connectivity index (χ0) is 11.4. The largest absolute Gasteiger partial charge is 0.392 e. The fourth-order valence-corrected chi connectivity index (χ4v) is 2.02. The minimum absolute atomic E-state index is 0.134. The summed E-state index contributed by atoms with van der Waals surface area (Å²) in [7, 11) is 0. The molecule has 1 aliphatic heterocycles. The van der Waals surface area contributed by atoms with E-state index in [-0.39, 0.29) is 12.4 Å². The normalized spacial score (nSPS) is 17.4. The average molecular weight is 224 g/mol. The number of hydrogen-bond donors (Lipinski definition) is 3. The zero-order valence-electron chi connectivity index (χ0n) is 9.17. The first-order valence-electron chi connectivity index (χ1n) is 5.66. The van der Waals surface area contributed by atoms with Crippen LogP contribution in [0, 0.1) is 5.82 Å². The van der Waals surface area contributed by atoms with Gasteiger partial charge < -0.3 is 15.7 Å². The molecule has 0 atom stereocenters. The molecule has 3 nitrogen and oxygen atoms in total. The lowest BCUT2D eigenvalue weighted by atomic mass is 10.1. The monoisotopic (exact) mass is 224 g/mol. The number of anilines is 1. The Hall–Kier alpha value is -1.13. The lowest BCUT2D eigenvalue weighted by Gasteiger charge is -2.25. The predicted octanol–water partition coefficient (Wildman–Crippen LogP) is 1.48. The molecule has 4 heteroatoms. The summed E-state index contributed by atoms with van der Waals surface area (Å²) < 4.78 is 13.0. The molecule has 1 aromatic carbocycles. The molecule has 1 heterocycles. The molecule has 0 amide bonds. The Morgan fingerprint density at radius 1 is 1.38 bits per heavy atom. The van der Waals surface area contributed by atoms with Crippen molar-refractivity contribution in [3.8, 4) is 0 Å². The van der Waals surface area contributed by atoms with E-state index in [4.69, 9.17) is 5.11 Å². The minimum Gasteiger partial charge on any atom is -0.392 e. The van der Waals surface area contributed by atoms with E-state index in [1.807, 2.05) is 0 Å². The molecular formula is C12H17FN2O. The molecule has 0 radical (unpaired) electrons. The Morgan fingerprint density at radius 3 is 2.81 bits per heavy atom. The number of hydrogen-bond acceptors (Lipinski definition) is 3. The van der Waals surface area contributed by atoms with Crippen LogP contribution in [0.25, 0.3) is 0 Å². The van der Waals surface area contributed by atoms with Crippen LogP contribution >= 0.6 is 0 Å². The third kappa shape index (κ3) is 2.71. The molecular weight excluding hydrogens is 207 g/mol. The van der Waals surface area contributed by atoms with E-state index in [0.717, 1.165) is 31.6 Å². The van der Waals surface area contributed by atoms with Crippen molar-refractivity contribution >= 4 is 5.69 Å². The summed E-state index contributed by atoms with van der Waals surface area (Å²) in [5.74, 6) is -0.306. The van der Waals surface area contributed by atoms with Crippen LogP contribution in [0.5, 0.6) is 0 Å². The van der Waals surface area contributed by atoms with Gasteiger partial charge in [-0.15, -0.1) is 0 Å². The maximum atomic E-state index is 13.0. The Balaban J connectivity index is 2.07. The van der Waals surface area contributed by atoms with E-state index < -0.39 is 0 Å². The second kappa shape index (κ2) is 5.27. The zero-order valence-corrected chi connectivity index (χ0v) is 9.17. The fraction of sp³-hybridized carbons (Fsp3) is 0.500. The number of aliphatic hydroxyl groups excluding tert-OH is 1. The summed E-state index contributed by atoms with van der Waals surface area (Å²) in [6.07, 6.45) is 2.12. The van der Waals surface area contributed by atoms with Crippen molar-refractivity contribution in [1.82, 2.24) is 5.32 Å². The van der Waals surface area contributed by atoms with E-state index in [1.54, 1.807) is 6.07 Å². The van der Waals surface area contributed by atoms with E-state index in [2.05, 4.69) is 10.6 Å². The van der Waals surface area contributed by atoms with Crippen LogP contribution in [0.2, 0.25) is 0 Å². The highest BCUT2D eigenvalue weighted by atomic mass is 19.1. The highest BCUT2D eigenvalue weighted by Gasteiger charge is 2.14. The predicted molar refractivity (Wildman–Crippen MR) is 61.8 cm³/mol. The molecule has 1 fully saturated rings. The topological polar surface area (TPSA) is 44.3 Å². The lowest BCUT2D eigenvalue weighted by Crippen LogP contribution is -2.35. The maximum absolute atomic E-state index is 13.0.